The zero-order valence-corrected chi connectivity index (χ0v) is 27.9. The summed E-state index contributed by atoms with van der Waals surface area (Å²) in [6, 6.07) is 67.4. The van der Waals surface area contributed by atoms with Crippen LogP contribution < -0.4 is 10.2 Å². The van der Waals surface area contributed by atoms with Crippen molar-refractivity contribution in [2.45, 2.75) is 5.41 Å². The lowest BCUT2D eigenvalue weighted by Crippen LogP contribution is -2.39. The van der Waals surface area contributed by atoms with E-state index in [9.17, 15) is 0 Å². The van der Waals surface area contributed by atoms with Crippen LogP contribution in [0, 0.1) is 0 Å². The molecule has 1 aliphatic carbocycles. The molecule has 3 aliphatic rings. The van der Waals surface area contributed by atoms with Gasteiger partial charge in [-0.25, -0.2) is 4.99 Å². The highest BCUT2D eigenvalue weighted by atomic mass is 15.2. The van der Waals surface area contributed by atoms with E-state index in [0.29, 0.717) is 0 Å². The van der Waals surface area contributed by atoms with Crippen molar-refractivity contribution in [3.8, 4) is 11.1 Å². The monoisotopic (exact) mass is 651 g/mol. The van der Waals surface area contributed by atoms with Crippen LogP contribution in [-0.4, -0.2) is 5.71 Å². The van der Waals surface area contributed by atoms with Crippen LogP contribution in [0.5, 0.6) is 0 Å². The predicted octanol–water partition coefficient (Wildman–Crippen LogP) is 11.3. The summed E-state index contributed by atoms with van der Waals surface area (Å²) in [5.41, 5.74) is 16.3. The number of allylic oxidation sites excluding steroid dienone is 1. The lowest BCUT2D eigenvalue weighted by atomic mass is 9.62. The summed E-state index contributed by atoms with van der Waals surface area (Å²) in [6.07, 6.45) is 2.09. The molecule has 0 radical (unpaired) electrons. The Morgan fingerprint density at radius 1 is 0.431 bits per heavy atom. The third kappa shape index (κ3) is 4.42. The molecule has 2 aliphatic heterocycles. The van der Waals surface area contributed by atoms with E-state index in [1.807, 2.05) is 0 Å². The van der Waals surface area contributed by atoms with Crippen LogP contribution in [0.1, 0.15) is 33.4 Å². The molecule has 0 atom stereocenters. The summed E-state index contributed by atoms with van der Waals surface area (Å²) in [7, 11) is 0. The van der Waals surface area contributed by atoms with Gasteiger partial charge in [0.05, 0.1) is 33.9 Å². The molecule has 10 rings (SSSR count). The highest BCUT2D eigenvalue weighted by Crippen LogP contribution is 2.63. The molecule has 1 N–H and O–H groups in total. The molecule has 51 heavy (non-hydrogen) atoms. The first-order valence-electron chi connectivity index (χ1n) is 17.5. The highest BCUT2D eigenvalue weighted by molar-refractivity contribution is 6.23. The third-order valence-corrected chi connectivity index (χ3v) is 10.5. The maximum absolute atomic E-state index is 5.66. The molecule has 2 heterocycles. The third-order valence-electron chi connectivity index (χ3n) is 10.5. The predicted molar refractivity (Wildman–Crippen MR) is 210 cm³/mol. The van der Waals surface area contributed by atoms with Gasteiger partial charge in [-0.05, 0) is 52.1 Å². The number of hydrogen-bond acceptors (Lipinski definition) is 3. The minimum absolute atomic E-state index is 0.646. The van der Waals surface area contributed by atoms with Crippen molar-refractivity contribution in [2.75, 3.05) is 4.90 Å². The Labute approximate surface area is 298 Å². The summed E-state index contributed by atoms with van der Waals surface area (Å²) in [6.45, 7) is 0. The van der Waals surface area contributed by atoms with Crippen LogP contribution in [0.3, 0.4) is 0 Å². The molecule has 240 valence electrons. The van der Waals surface area contributed by atoms with Crippen molar-refractivity contribution >= 4 is 34.2 Å². The number of anilines is 3. The number of aliphatic imine (C=N–C) groups is 1. The van der Waals surface area contributed by atoms with Gasteiger partial charge in [-0.3, -0.25) is 0 Å². The zero-order chi connectivity index (χ0) is 33.8. The van der Waals surface area contributed by atoms with E-state index in [1.54, 1.807) is 0 Å². The standard InChI is InChI=1S/C48H33N3/c1-4-16-33(17-5-1)34-28-30-35(31-29-34)42-32-49-47-38-22-10-11-23-39(38)48(45(47)46(50-42)36-18-6-2-7-19-36)40-24-12-14-26-43(40)51(37-20-8-3-9-21-37)44-27-15-13-25-41(44)48/h1-32,49H. The van der Waals surface area contributed by atoms with Crippen LogP contribution in [0.15, 0.2) is 205 Å². The van der Waals surface area contributed by atoms with Gasteiger partial charge in [-0.15, -0.1) is 0 Å². The van der Waals surface area contributed by atoms with Gasteiger partial charge in [0.2, 0.25) is 0 Å². The largest absolute Gasteiger partial charge is 0.359 e. The summed E-state index contributed by atoms with van der Waals surface area (Å²) in [5, 5.41) is 3.86. The molecule has 0 amide bonds. The molecule has 7 aromatic rings. The van der Waals surface area contributed by atoms with Crippen LogP contribution in [-0.2, 0) is 5.41 Å². The van der Waals surface area contributed by atoms with E-state index in [1.165, 1.54) is 33.4 Å². The minimum atomic E-state index is -0.646. The number of rotatable bonds is 4. The SMILES string of the molecule is C1=C(c2ccc(-c3ccccc3)cc2)N=C(c2ccccc2)C2=C(N1)c1ccccc1C21c2ccccc2N(c2ccccc2)c2ccccc21. The number of fused-ring (bicyclic) bond motifs is 8. The average molecular weight is 652 g/mol. The average Bonchev–Trinajstić information content (AvgIpc) is 3.34. The van der Waals surface area contributed by atoms with Crippen molar-refractivity contribution in [1.29, 1.82) is 0 Å². The van der Waals surface area contributed by atoms with Gasteiger partial charge in [0.25, 0.3) is 0 Å². The maximum atomic E-state index is 5.66. The molecule has 0 unspecified atom stereocenters. The second kappa shape index (κ2) is 11.7. The Morgan fingerprint density at radius 2 is 0.922 bits per heavy atom. The van der Waals surface area contributed by atoms with Crippen molar-refractivity contribution in [2.24, 2.45) is 4.99 Å². The first-order chi connectivity index (χ1) is 25.3. The summed E-state index contributed by atoms with van der Waals surface area (Å²) < 4.78 is 0. The molecule has 0 fully saturated rings. The first kappa shape index (κ1) is 29.2. The number of para-hydroxylation sites is 3. The van der Waals surface area contributed by atoms with Crippen LogP contribution in [0.25, 0.3) is 22.5 Å². The molecular weight excluding hydrogens is 619 g/mol. The fourth-order valence-electron chi connectivity index (χ4n) is 8.36. The molecule has 0 bridgehead atoms. The van der Waals surface area contributed by atoms with Crippen molar-refractivity contribution in [3.63, 3.8) is 0 Å². The van der Waals surface area contributed by atoms with E-state index >= 15 is 0 Å². The Kier molecular flexibility index (Phi) is 6.71. The Morgan fingerprint density at radius 3 is 1.57 bits per heavy atom. The fraction of sp³-hybridized carbons (Fsp3) is 0.0208. The fourth-order valence-corrected chi connectivity index (χ4v) is 8.36. The first-order valence-corrected chi connectivity index (χ1v) is 17.5. The van der Waals surface area contributed by atoms with Crippen LogP contribution in [0.4, 0.5) is 17.1 Å². The number of hydrogen-bond donors (Lipinski definition) is 1. The minimum Gasteiger partial charge on any atom is -0.359 e. The van der Waals surface area contributed by atoms with Crippen molar-refractivity contribution < 1.29 is 0 Å². The molecular formula is C48H33N3. The van der Waals surface area contributed by atoms with Crippen LogP contribution >= 0.6 is 0 Å². The zero-order valence-electron chi connectivity index (χ0n) is 27.9. The molecule has 3 nitrogen and oxygen atoms in total. The molecule has 0 aromatic heterocycles. The van der Waals surface area contributed by atoms with E-state index in [0.717, 1.165) is 50.9 Å². The summed E-state index contributed by atoms with van der Waals surface area (Å²) in [5.74, 6) is 0. The molecule has 7 aromatic carbocycles. The van der Waals surface area contributed by atoms with E-state index in [-0.39, 0.29) is 0 Å². The quantitative estimate of drug-likeness (QED) is 0.205. The van der Waals surface area contributed by atoms with Gasteiger partial charge in [0, 0.05) is 34.2 Å². The summed E-state index contributed by atoms with van der Waals surface area (Å²) in [4.78, 5) is 8.08. The van der Waals surface area contributed by atoms with Gasteiger partial charge in [-0.2, -0.15) is 0 Å². The highest BCUT2D eigenvalue weighted by Gasteiger charge is 2.54. The Bertz CT molecular complexity index is 2480. The Balaban J connectivity index is 1.25. The van der Waals surface area contributed by atoms with Gasteiger partial charge in [0.15, 0.2) is 0 Å². The van der Waals surface area contributed by atoms with Gasteiger partial charge < -0.3 is 10.2 Å². The smallest absolute Gasteiger partial charge is 0.0869 e. The summed E-state index contributed by atoms with van der Waals surface area (Å²) >= 11 is 0. The Hall–Kier alpha value is -6.71. The molecule has 3 heteroatoms. The number of benzene rings is 7. The van der Waals surface area contributed by atoms with E-state index in [4.69, 9.17) is 4.99 Å². The van der Waals surface area contributed by atoms with E-state index < -0.39 is 5.41 Å². The van der Waals surface area contributed by atoms with Crippen molar-refractivity contribution in [3.05, 3.63) is 233 Å². The van der Waals surface area contributed by atoms with E-state index in [2.05, 4.69) is 204 Å². The molecule has 1 spiro atoms. The van der Waals surface area contributed by atoms with Crippen LogP contribution in [0.2, 0.25) is 0 Å². The second-order valence-corrected chi connectivity index (χ2v) is 13.2. The van der Waals surface area contributed by atoms with Crippen molar-refractivity contribution in [1.82, 2.24) is 5.32 Å². The van der Waals surface area contributed by atoms with Gasteiger partial charge in [0.1, 0.15) is 0 Å². The number of nitrogens with zero attached hydrogens (tertiary/aromatic N) is 2. The number of nitrogens with one attached hydrogen (secondary N) is 1. The lowest BCUT2D eigenvalue weighted by molar-refractivity contribution is 0.754. The maximum Gasteiger partial charge on any atom is 0.0869 e. The normalized spacial score (nSPS) is 15.1. The molecule has 0 saturated heterocycles. The van der Waals surface area contributed by atoms with Gasteiger partial charge in [-0.1, -0.05) is 164 Å². The second-order valence-electron chi connectivity index (χ2n) is 13.2. The van der Waals surface area contributed by atoms with Gasteiger partial charge >= 0.3 is 0 Å². The lowest BCUT2D eigenvalue weighted by Gasteiger charge is -2.46. The molecule has 0 saturated carbocycles. The topological polar surface area (TPSA) is 27.6 Å².